The van der Waals surface area contributed by atoms with Crippen LogP contribution in [0.1, 0.15) is 19.3 Å². The maximum absolute atomic E-state index is 12.5. The van der Waals surface area contributed by atoms with Gasteiger partial charge in [0.2, 0.25) is 11.8 Å². The standard InChI is InChI=1S/C18H24N2O4/c1-23-10-9-19-17(21)16-11-15(24-14-5-3-2-4-6-14)12-20(16)18(22)13-7-8-13/h2-6,13,15-16H,7-12H2,1H3,(H,19,21)/t15-,16-/m0/s1. The molecule has 0 aromatic heterocycles. The lowest BCUT2D eigenvalue weighted by molar-refractivity contribution is -0.139. The SMILES string of the molecule is COCCNC(=O)[C@@H]1C[C@H](Oc2ccccc2)CN1C(=O)C1CC1. The Morgan fingerprint density at radius 2 is 2.00 bits per heavy atom. The summed E-state index contributed by atoms with van der Waals surface area (Å²) in [7, 11) is 1.59. The van der Waals surface area contributed by atoms with E-state index in [-0.39, 0.29) is 23.8 Å². The number of nitrogens with one attached hydrogen (secondary N) is 1. The highest BCUT2D eigenvalue weighted by molar-refractivity contribution is 5.90. The van der Waals surface area contributed by atoms with Gasteiger partial charge in [0.25, 0.3) is 0 Å². The first-order valence-electron chi connectivity index (χ1n) is 8.48. The van der Waals surface area contributed by atoms with Gasteiger partial charge in [-0.25, -0.2) is 0 Å². The summed E-state index contributed by atoms with van der Waals surface area (Å²) in [5, 5.41) is 2.84. The van der Waals surface area contributed by atoms with Crippen LogP contribution in [0.2, 0.25) is 0 Å². The van der Waals surface area contributed by atoms with Crippen molar-refractivity contribution in [1.82, 2.24) is 10.2 Å². The largest absolute Gasteiger partial charge is 0.488 e. The molecule has 0 spiro atoms. The van der Waals surface area contributed by atoms with Crippen molar-refractivity contribution >= 4 is 11.8 Å². The number of para-hydroxylation sites is 1. The Labute approximate surface area is 142 Å². The minimum Gasteiger partial charge on any atom is -0.488 e. The van der Waals surface area contributed by atoms with Gasteiger partial charge in [-0.1, -0.05) is 18.2 Å². The Kier molecular flexibility index (Phi) is 5.35. The van der Waals surface area contributed by atoms with Crippen LogP contribution in [0.5, 0.6) is 5.75 Å². The normalized spacial score (nSPS) is 23.1. The van der Waals surface area contributed by atoms with Gasteiger partial charge in [-0.05, 0) is 25.0 Å². The molecule has 1 aliphatic carbocycles. The second-order valence-electron chi connectivity index (χ2n) is 6.35. The second kappa shape index (κ2) is 7.66. The Hall–Kier alpha value is -2.08. The number of carbonyl (C=O) groups is 2. The van der Waals surface area contributed by atoms with Gasteiger partial charge < -0.3 is 19.7 Å². The molecule has 1 N–H and O–H groups in total. The monoisotopic (exact) mass is 332 g/mol. The third-order valence-corrected chi connectivity index (χ3v) is 4.43. The highest BCUT2D eigenvalue weighted by Crippen LogP contribution is 2.34. The van der Waals surface area contributed by atoms with Gasteiger partial charge >= 0.3 is 0 Å². The van der Waals surface area contributed by atoms with Crippen LogP contribution in [0.25, 0.3) is 0 Å². The zero-order chi connectivity index (χ0) is 16.9. The number of ether oxygens (including phenoxy) is 2. The van der Waals surface area contributed by atoms with Gasteiger partial charge in [-0.3, -0.25) is 9.59 Å². The molecule has 24 heavy (non-hydrogen) atoms. The minimum atomic E-state index is -0.455. The van der Waals surface area contributed by atoms with Crippen LogP contribution < -0.4 is 10.1 Å². The van der Waals surface area contributed by atoms with Crippen molar-refractivity contribution in [1.29, 1.82) is 0 Å². The van der Waals surface area contributed by atoms with E-state index in [0.717, 1.165) is 18.6 Å². The van der Waals surface area contributed by atoms with Crippen molar-refractivity contribution < 1.29 is 19.1 Å². The Bertz CT molecular complexity index is 574. The van der Waals surface area contributed by atoms with Crippen molar-refractivity contribution in [2.24, 2.45) is 5.92 Å². The highest BCUT2D eigenvalue weighted by Gasteiger charge is 2.44. The quantitative estimate of drug-likeness (QED) is 0.762. The van der Waals surface area contributed by atoms with Gasteiger partial charge in [-0.15, -0.1) is 0 Å². The molecule has 1 heterocycles. The fraction of sp³-hybridized carbons (Fsp3) is 0.556. The fourth-order valence-corrected chi connectivity index (χ4v) is 3.03. The molecule has 0 unspecified atom stereocenters. The molecule has 3 rings (SSSR count). The third kappa shape index (κ3) is 4.06. The van der Waals surface area contributed by atoms with Crippen molar-refractivity contribution in [3.8, 4) is 5.75 Å². The number of carbonyl (C=O) groups excluding carboxylic acids is 2. The predicted molar refractivity (Wildman–Crippen MR) is 88.6 cm³/mol. The van der Waals surface area contributed by atoms with E-state index in [1.165, 1.54) is 0 Å². The number of benzene rings is 1. The first kappa shape index (κ1) is 16.8. The molecular weight excluding hydrogens is 308 g/mol. The van der Waals surface area contributed by atoms with Crippen LogP contribution in [0.15, 0.2) is 30.3 Å². The summed E-state index contributed by atoms with van der Waals surface area (Å²) in [6.45, 7) is 1.37. The van der Waals surface area contributed by atoms with E-state index in [4.69, 9.17) is 9.47 Å². The molecule has 0 bridgehead atoms. The number of nitrogens with zero attached hydrogens (tertiary/aromatic N) is 1. The molecule has 2 fully saturated rings. The molecule has 2 atom stereocenters. The molecule has 2 amide bonds. The number of rotatable bonds is 7. The van der Waals surface area contributed by atoms with Crippen molar-refractivity contribution in [2.75, 3.05) is 26.8 Å². The zero-order valence-electron chi connectivity index (χ0n) is 13.9. The molecule has 1 aromatic rings. The molecule has 1 saturated carbocycles. The van der Waals surface area contributed by atoms with Crippen molar-refractivity contribution in [3.05, 3.63) is 30.3 Å². The molecule has 6 nitrogen and oxygen atoms in total. The van der Waals surface area contributed by atoms with Crippen LogP contribution in [-0.4, -0.2) is 55.7 Å². The van der Waals surface area contributed by atoms with E-state index in [9.17, 15) is 9.59 Å². The number of methoxy groups -OCH3 is 1. The molecule has 6 heteroatoms. The number of amides is 2. The van der Waals surface area contributed by atoms with Crippen LogP contribution in [0.4, 0.5) is 0 Å². The average molecular weight is 332 g/mol. The van der Waals surface area contributed by atoms with Crippen molar-refractivity contribution in [2.45, 2.75) is 31.4 Å². The topological polar surface area (TPSA) is 67.9 Å². The van der Waals surface area contributed by atoms with E-state index < -0.39 is 6.04 Å². The molecule has 0 radical (unpaired) electrons. The Morgan fingerprint density at radius 3 is 2.67 bits per heavy atom. The maximum Gasteiger partial charge on any atom is 0.243 e. The van der Waals surface area contributed by atoms with E-state index >= 15 is 0 Å². The molecule has 2 aliphatic rings. The molecule has 1 aromatic carbocycles. The summed E-state index contributed by atoms with van der Waals surface area (Å²) >= 11 is 0. The van der Waals surface area contributed by atoms with E-state index in [1.54, 1.807) is 12.0 Å². The summed E-state index contributed by atoms with van der Waals surface area (Å²) in [4.78, 5) is 26.7. The summed E-state index contributed by atoms with van der Waals surface area (Å²) < 4.78 is 10.9. The highest BCUT2D eigenvalue weighted by atomic mass is 16.5. The van der Waals surface area contributed by atoms with Crippen LogP contribution in [0.3, 0.4) is 0 Å². The van der Waals surface area contributed by atoms with Crippen LogP contribution in [0, 0.1) is 5.92 Å². The third-order valence-electron chi connectivity index (χ3n) is 4.43. The lowest BCUT2D eigenvalue weighted by Crippen LogP contribution is -2.47. The van der Waals surface area contributed by atoms with E-state index in [0.29, 0.717) is 26.1 Å². The first-order chi connectivity index (χ1) is 11.7. The van der Waals surface area contributed by atoms with E-state index in [2.05, 4.69) is 5.32 Å². The maximum atomic E-state index is 12.5. The van der Waals surface area contributed by atoms with Crippen LogP contribution in [-0.2, 0) is 14.3 Å². The molecule has 1 saturated heterocycles. The van der Waals surface area contributed by atoms with E-state index in [1.807, 2.05) is 30.3 Å². The summed E-state index contributed by atoms with van der Waals surface area (Å²) in [5.74, 6) is 0.817. The first-order valence-corrected chi connectivity index (χ1v) is 8.48. The van der Waals surface area contributed by atoms with Gasteiger partial charge in [0.15, 0.2) is 0 Å². The number of hydrogen-bond donors (Lipinski definition) is 1. The van der Waals surface area contributed by atoms with Gasteiger partial charge in [0.05, 0.1) is 13.2 Å². The average Bonchev–Trinajstić information content (AvgIpc) is 3.36. The second-order valence-corrected chi connectivity index (χ2v) is 6.35. The van der Waals surface area contributed by atoms with Gasteiger partial charge in [0, 0.05) is 26.0 Å². The predicted octanol–water partition coefficient (Wildman–Crippen LogP) is 1.21. The molecular formula is C18H24N2O4. The van der Waals surface area contributed by atoms with Gasteiger partial charge in [-0.2, -0.15) is 0 Å². The lowest BCUT2D eigenvalue weighted by atomic mass is 10.1. The summed E-state index contributed by atoms with van der Waals surface area (Å²) in [6, 6.07) is 9.07. The molecule has 130 valence electrons. The molecule has 1 aliphatic heterocycles. The Balaban J connectivity index is 1.64. The summed E-state index contributed by atoms with van der Waals surface area (Å²) in [6.07, 6.45) is 2.22. The smallest absolute Gasteiger partial charge is 0.243 e. The zero-order valence-corrected chi connectivity index (χ0v) is 13.9. The fourth-order valence-electron chi connectivity index (χ4n) is 3.03. The Morgan fingerprint density at radius 1 is 1.25 bits per heavy atom. The van der Waals surface area contributed by atoms with Crippen molar-refractivity contribution in [3.63, 3.8) is 0 Å². The number of hydrogen-bond acceptors (Lipinski definition) is 4. The van der Waals surface area contributed by atoms with Crippen LogP contribution >= 0.6 is 0 Å². The number of likely N-dealkylation sites (tertiary alicyclic amines) is 1. The van der Waals surface area contributed by atoms with Gasteiger partial charge in [0.1, 0.15) is 17.9 Å². The lowest BCUT2D eigenvalue weighted by Gasteiger charge is -2.23. The minimum absolute atomic E-state index is 0.0843. The summed E-state index contributed by atoms with van der Waals surface area (Å²) in [5.41, 5.74) is 0.